The molecule has 1 spiro atoms. The van der Waals surface area contributed by atoms with Crippen LogP contribution in [0.2, 0.25) is 5.15 Å². The van der Waals surface area contributed by atoms with E-state index in [0.29, 0.717) is 34.4 Å². The Balaban J connectivity index is 1.44. The van der Waals surface area contributed by atoms with Crippen molar-refractivity contribution in [1.82, 2.24) is 9.55 Å². The molecule has 190 valence electrons. The second kappa shape index (κ2) is 8.50. The third-order valence-electron chi connectivity index (χ3n) is 7.32. The van der Waals surface area contributed by atoms with E-state index in [-0.39, 0.29) is 5.15 Å². The summed E-state index contributed by atoms with van der Waals surface area (Å²) in [6.07, 6.45) is 1.15. The van der Waals surface area contributed by atoms with Crippen LogP contribution in [0.1, 0.15) is 43.0 Å². The standard InChI is InChI=1S/C21H25ClN3O8PS/c22-18-14(8-23)13(5-11-6-21(7-11)2-3-21)12-1-4-25(19(12)24-18)20-17(27)16(26)15(33-20)9-35(31,32)10-34(28,29)30/h1,4,11,15-17,20,26-27H,2-3,5-7,9-10H2,(H2,28,29,30)/t15-,16-,17-,20-/m1/s1. The summed E-state index contributed by atoms with van der Waals surface area (Å²) in [5.41, 5.74) is 0.476. The molecule has 5 rings (SSSR count). The van der Waals surface area contributed by atoms with E-state index in [9.17, 15) is 28.5 Å². The van der Waals surface area contributed by atoms with E-state index in [1.54, 1.807) is 12.3 Å². The Labute approximate surface area is 206 Å². The highest BCUT2D eigenvalue weighted by Gasteiger charge is 2.52. The minimum absolute atomic E-state index is 0.00390. The van der Waals surface area contributed by atoms with Gasteiger partial charge in [-0.2, -0.15) is 5.26 Å². The van der Waals surface area contributed by atoms with E-state index < -0.39 is 53.2 Å². The second-order valence-corrected chi connectivity index (χ2v) is 14.6. The van der Waals surface area contributed by atoms with Crippen molar-refractivity contribution in [3.8, 4) is 6.07 Å². The Kier molecular flexibility index (Phi) is 6.10. The Morgan fingerprint density at radius 1 is 1.29 bits per heavy atom. The lowest BCUT2D eigenvalue weighted by atomic mass is 9.69. The van der Waals surface area contributed by atoms with Crippen molar-refractivity contribution in [3.05, 3.63) is 28.5 Å². The van der Waals surface area contributed by atoms with Gasteiger partial charge in [-0.3, -0.25) is 4.57 Å². The maximum absolute atomic E-state index is 12.2. The lowest BCUT2D eigenvalue weighted by molar-refractivity contribution is -0.0288. The molecule has 1 aliphatic heterocycles. The molecule has 3 fully saturated rings. The van der Waals surface area contributed by atoms with Gasteiger partial charge in [-0.15, -0.1) is 0 Å². The van der Waals surface area contributed by atoms with E-state index in [1.165, 1.54) is 17.4 Å². The van der Waals surface area contributed by atoms with Crippen LogP contribution in [0.5, 0.6) is 0 Å². The minimum atomic E-state index is -4.85. The summed E-state index contributed by atoms with van der Waals surface area (Å²) in [5.74, 6) is -0.443. The summed E-state index contributed by atoms with van der Waals surface area (Å²) in [4.78, 5) is 22.3. The van der Waals surface area contributed by atoms with E-state index in [0.717, 1.165) is 18.4 Å². The second-order valence-electron chi connectivity index (χ2n) is 10.1. The van der Waals surface area contributed by atoms with Gasteiger partial charge in [0.1, 0.15) is 35.2 Å². The van der Waals surface area contributed by atoms with Crippen LogP contribution in [0.4, 0.5) is 0 Å². The predicted octanol–water partition coefficient (Wildman–Crippen LogP) is 1.46. The maximum Gasteiger partial charge on any atom is 0.340 e. The lowest BCUT2D eigenvalue weighted by Gasteiger charge is -2.36. The number of aliphatic hydroxyl groups is 2. The number of nitriles is 1. The lowest BCUT2D eigenvalue weighted by Crippen LogP contribution is -2.35. The van der Waals surface area contributed by atoms with Gasteiger partial charge < -0.3 is 29.3 Å². The molecular formula is C21H25ClN3O8PS. The number of ether oxygens (including phenoxy) is 1. The van der Waals surface area contributed by atoms with Gasteiger partial charge in [0.05, 0.1) is 11.3 Å². The van der Waals surface area contributed by atoms with Gasteiger partial charge in [-0.25, -0.2) is 13.4 Å². The summed E-state index contributed by atoms with van der Waals surface area (Å²) in [5, 5.41) is 31.4. The molecule has 0 radical (unpaired) electrons. The summed E-state index contributed by atoms with van der Waals surface area (Å²) >= 11 is 6.35. The molecule has 4 N–H and O–H groups in total. The number of aliphatic hydroxyl groups excluding tert-OH is 2. The number of rotatable bonds is 7. The molecule has 2 saturated carbocycles. The molecule has 4 atom stereocenters. The highest BCUT2D eigenvalue weighted by molar-refractivity contribution is 7.97. The van der Waals surface area contributed by atoms with Crippen molar-refractivity contribution >= 4 is 40.1 Å². The molecule has 2 aliphatic carbocycles. The maximum atomic E-state index is 12.2. The van der Waals surface area contributed by atoms with Crippen LogP contribution in [0.25, 0.3) is 11.0 Å². The molecule has 2 aromatic rings. The Bertz CT molecular complexity index is 1370. The summed E-state index contributed by atoms with van der Waals surface area (Å²) in [6.45, 7) is 0. The molecule has 14 heteroatoms. The fourth-order valence-electron chi connectivity index (χ4n) is 5.57. The first-order chi connectivity index (χ1) is 16.3. The molecule has 2 aromatic heterocycles. The summed E-state index contributed by atoms with van der Waals surface area (Å²) in [7, 11) is -9.14. The van der Waals surface area contributed by atoms with Crippen molar-refractivity contribution in [2.75, 3.05) is 11.2 Å². The summed E-state index contributed by atoms with van der Waals surface area (Å²) < 4.78 is 42.6. The summed E-state index contributed by atoms with van der Waals surface area (Å²) in [6, 6.07) is 3.86. The molecule has 0 aromatic carbocycles. The van der Waals surface area contributed by atoms with Gasteiger partial charge in [0, 0.05) is 11.6 Å². The van der Waals surface area contributed by atoms with Gasteiger partial charge in [0.25, 0.3) is 0 Å². The fourth-order valence-corrected chi connectivity index (χ4v) is 9.05. The number of aromatic nitrogens is 2. The number of halogens is 1. The molecule has 3 aliphatic rings. The minimum Gasteiger partial charge on any atom is -0.387 e. The van der Waals surface area contributed by atoms with Crippen molar-refractivity contribution in [3.63, 3.8) is 0 Å². The first-order valence-corrected chi connectivity index (χ1v) is 15.2. The predicted molar refractivity (Wildman–Crippen MR) is 124 cm³/mol. The first kappa shape index (κ1) is 25.1. The zero-order valence-corrected chi connectivity index (χ0v) is 21.0. The van der Waals surface area contributed by atoms with E-state index in [1.807, 2.05) is 0 Å². The smallest absolute Gasteiger partial charge is 0.340 e. The zero-order chi connectivity index (χ0) is 25.3. The largest absolute Gasteiger partial charge is 0.387 e. The molecule has 1 saturated heterocycles. The van der Waals surface area contributed by atoms with Crippen molar-refractivity contribution < 1.29 is 37.7 Å². The average Bonchev–Trinajstić information content (AvgIpc) is 3.33. The van der Waals surface area contributed by atoms with Crippen molar-refractivity contribution in [2.45, 2.75) is 56.6 Å². The molecule has 3 heterocycles. The Morgan fingerprint density at radius 3 is 2.57 bits per heavy atom. The first-order valence-electron chi connectivity index (χ1n) is 11.2. The quantitative estimate of drug-likeness (QED) is 0.293. The third-order valence-corrected chi connectivity index (χ3v) is 11.4. The van der Waals surface area contributed by atoms with Crippen LogP contribution in [0, 0.1) is 22.7 Å². The Hall–Kier alpha value is -1.55. The third kappa shape index (κ3) is 4.77. The monoisotopic (exact) mass is 545 g/mol. The molecule has 0 amide bonds. The Morgan fingerprint density at radius 2 is 1.97 bits per heavy atom. The van der Waals surface area contributed by atoms with Crippen LogP contribution in [-0.2, 0) is 25.6 Å². The SMILES string of the molecule is N#Cc1c(Cl)nc2c(ccn2[C@@H]2O[C@H](CS(=O)(=O)CP(=O)(O)O)[C@@H](O)[C@H]2O)c1CC1CC2(CC2)C1. The topological polar surface area (TPSA) is 183 Å². The van der Waals surface area contributed by atoms with Crippen LogP contribution in [-0.4, -0.2) is 67.5 Å². The van der Waals surface area contributed by atoms with Crippen molar-refractivity contribution in [1.29, 1.82) is 5.26 Å². The van der Waals surface area contributed by atoms with Crippen LogP contribution < -0.4 is 0 Å². The molecule has 11 nitrogen and oxygen atoms in total. The normalized spacial score (nSPS) is 28.3. The molecule has 35 heavy (non-hydrogen) atoms. The highest BCUT2D eigenvalue weighted by Crippen LogP contribution is 2.64. The van der Waals surface area contributed by atoms with Crippen LogP contribution in [0.3, 0.4) is 0 Å². The molecule has 0 bridgehead atoms. The van der Waals surface area contributed by atoms with Gasteiger partial charge in [0.15, 0.2) is 21.6 Å². The van der Waals surface area contributed by atoms with Crippen molar-refractivity contribution in [2.24, 2.45) is 11.3 Å². The number of hydrogen-bond donors (Lipinski definition) is 4. The van der Waals surface area contributed by atoms with E-state index in [2.05, 4.69) is 11.1 Å². The highest BCUT2D eigenvalue weighted by atomic mass is 35.5. The van der Waals surface area contributed by atoms with Crippen LogP contribution >= 0.6 is 19.2 Å². The number of fused-ring (bicyclic) bond motifs is 1. The van der Waals surface area contributed by atoms with Gasteiger partial charge >= 0.3 is 7.60 Å². The van der Waals surface area contributed by atoms with Crippen LogP contribution in [0.15, 0.2) is 12.3 Å². The van der Waals surface area contributed by atoms with E-state index in [4.69, 9.17) is 26.1 Å². The number of nitrogens with zero attached hydrogens (tertiary/aromatic N) is 3. The number of pyridine rings is 1. The number of hydrogen-bond acceptors (Lipinski definition) is 8. The number of sulfone groups is 1. The van der Waals surface area contributed by atoms with Gasteiger partial charge in [0.2, 0.25) is 0 Å². The van der Waals surface area contributed by atoms with Gasteiger partial charge in [-0.1, -0.05) is 11.6 Å². The van der Waals surface area contributed by atoms with E-state index >= 15 is 0 Å². The molecule has 0 unspecified atom stereocenters. The molecular weight excluding hydrogens is 521 g/mol. The fraction of sp³-hybridized carbons (Fsp3) is 0.619. The average molecular weight is 546 g/mol. The zero-order valence-electron chi connectivity index (χ0n) is 18.5. The van der Waals surface area contributed by atoms with Gasteiger partial charge in [-0.05, 0) is 55.1 Å².